The van der Waals surface area contributed by atoms with Crippen molar-refractivity contribution < 1.29 is 9.50 Å². The molecule has 0 unspecified atom stereocenters. The van der Waals surface area contributed by atoms with Crippen LogP contribution in [0.1, 0.15) is 12.8 Å². The number of rotatable bonds is 2. The molecule has 104 valence electrons. The number of piperidine rings is 1. The lowest BCUT2D eigenvalue weighted by Crippen LogP contribution is -2.35. The summed E-state index contributed by atoms with van der Waals surface area (Å²) in [5.41, 5.74) is 3.08. The molecular weight excluding hydrogens is 253 g/mol. The Morgan fingerprint density at radius 3 is 2.30 bits per heavy atom. The van der Waals surface area contributed by atoms with Gasteiger partial charge in [0.1, 0.15) is 5.82 Å². The van der Waals surface area contributed by atoms with Crippen molar-refractivity contribution in [3.8, 4) is 11.1 Å². The van der Waals surface area contributed by atoms with E-state index in [2.05, 4.69) is 17.0 Å². The third-order valence-corrected chi connectivity index (χ3v) is 3.85. The average Bonchev–Trinajstić information content (AvgIpc) is 2.48. The fourth-order valence-corrected chi connectivity index (χ4v) is 2.66. The molecule has 0 aliphatic carbocycles. The largest absolute Gasteiger partial charge is 0.393 e. The summed E-state index contributed by atoms with van der Waals surface area (Å²) in [5, 5.41) is 9.53. The third kappa shape index (κ3) is 2.83. The topological polar surface area (TPSA) is 23.5 Å². The van der Waals surface area contributed by atoms with Gasteiger partial charge in [-0.15, -0.1) is 0 Å². The number of nitrogens with zero attached hydrogens (tertiary/aromatic N) is 1. The van der Waals surface area contributed by atoms with Crippen molar-refractivity contribution in [2.24, 2.45) is 0 Å². The first-order chi connectivity index (χ1) is 9.72. The first-order valence-corrected chi connectivity index (χ1v) is 7.01. The van der Waals surface area contributed by atoms with Gasteiger partial charge in [-0.2, -0.15) is 0 Å². The van der Waals surface area contributed by atoms with Gasteiger partial charge in [0.2, 0.25) is 0 Å². The Morgan fingerprint density at radius 1 is 0.950 bits per heavy atom. The number of hydrogen-bond acceptors (Lipinski definition) is 2. The molecule has 0 saturated carbocycles. The molecular formula is C17H18FNO. The number of hydrogen-bond donors (Lipinski definition) is 1. The minimum atomic E-state index is -0.211. The van der Waals surface area contributed by atoms with Crippen LogP contribution in [-0.4, -0.2) is 24.3 Å². The molecule has 1 fully saturated rings. The van der Waals surface area contributed by atoms with Crippen LogP contribution >= 0.6 is 0 Å². The summed E-state index contributed by atoms with van der Waals surface area (Å²) in [7, 11) is 0. The standard InChI is InChI=1S/C17H18FNO/c18-15-3-1-2-14(12-15)13-4-6-16(7-5-13)19-10-8-17(20)9-11-19/h1-7,12,17,20H,8-11H2. The highest BCUT2D eigenvalue weighted by molar-refractivity contribution is 5.66. The van der Waals surface area contributed by atoms with E-state index >= 15 is 0 Å². The van der Waals surface area contributed by atoms with Crippen LogP contribution in [0, 0.1) is 5.82 Å². The van der Waals surface area contributed by atoms with E-state index < -0.39 is 0 Å². The summed E-state index contributed by atoms with van der Waals surface area (Å²) in [5.74, 6) is -0.211. The Balaban J connectivity index is 1.78. The van der Waals surface area contributed by atoms with Gasteiger partial charge in [-0.25, -0.2) is 4.39 Å². The van der Waals surface area contributed by atoms with E-state index in [1.807, 2.05) is 18.2 Å². The highest BCUT2D eigenvalue weighted by atomic mass is 19.1. The second kappa shape index (κ2) is 5.63. The molecule has 20 heavy (non-hydrogen) atoms. The van der Waals surface area contributed by atoms with E-state index in [1.165, 1.54) is 6.07 Å². The highest BCUT2D eigenvalue weighted by Crippen LogP contribution is 2.25. The van der Waals surface area contributed by atoms with Crippen molar-refractivity contribution in [1.29, 1.82) is 0 Å². The van der Waals surface area contributed by atoms with Gasteiger partial charge in [-0.3, -0.25) is 0 Å². The van der Waals surface area contributed by atoms with E-state index in [0.29, 0.717) is 0 Å². The smallest absolute Gasteiger partial charge is 0.123 e. The molecule has 3 heteroatoms. The molecule has 2 aromatic carbocycles. The second-order valence-electron chi connectivity index (χ2n) is 5.28. The monoisotopic (exact) mass is 271 g/mol. The predicted molar refractivity (Wildman–Crippen MR) is 79.3 cm³/mol. The molecule has 0 radical (unpaired) electrons. The van der Waals surface area contributed by atoms with Crippen LogP contribution in [0.2, 0.25) is 0 Å². The number of halogens is 1. The van der Waals surface area contributed by atoms with Crippen LogP contribution < -0.4 is 4.90 Å². The van der Waals surface area contributed by atoms with Crippen LogP contribution in [0.15, 0.2) is 48.5 Å². The lowest BCUT2D eigenvalue weighted by Gasteiger charge is -2.31. The molecule has 1 heterocycles. The highest BCUT2D eigenvalue weighted by Gasteiger charge is 2.17. The van der Waals surface area contributed by atoms with Gasteiger partial charge in [0, 0.05) is 18.8 Å². The summed E-state index contributed by atoms with van der Waals surface area (Å²) in [6.07, 6.45) is 1.50. The molecule has 1 N–H and O–H groups in total. The molecule has 0 amide bonds. The fraction of sp³-hybridized carbons (Fsp3) is 0.294. The van der Waals surface area contributed by atoms with Gasteiger partial charge in [0.25, 0.3) is 0 Å². The summed E-state index contributed by atoms with van der Waals surface area (Å²) in [6, 6.07) is 14.8. The Bertz CT molecular complexity index is 574. The van der Waals surface area contributed by atoms with Crippen molar-refractivity contribution in [2.75, 3.05) is 18.0 Å². The summed E-state index contributed by atoms with van der Waals surface area (Å²) >= 11 is 0. The fourth-order valence-electron chi connectivity index (χ4n) is 2.66. The van der Waals surface area contributed by atoms with Crippen molar-refractivity contribution in [3.05, 3.63) is 54.3 Å². The van der Waals surface area contributed by atoms with Crippen molar-refractivity contribution >= 4 is 5.69 Å². The average molecular weight is 271 g/mol. The first kappa shape index (κ1) is 13.1. The van der Waals surface area contributed by atoms with Crippen LogP contribution in [0.4, 0.5) is 10.1 Å². The molecule has 0 atom stereocenters. The molecule has 0 spiro atoms. The van der Waals surface area contributed by atoms with Gasteiger partial charge in [-0.1, -0.05) is 24.3 Å². The van der Waals surface area contributed by atoms with Gasteiger partial charge >= 0.3 is 0 Å². The Labute approximate surface area is 118 Å². The molecule has 1 aliphatic heterocycles. The first-order valence-electron chi connectivity index (χ1n) is 7.01. The quantitative estimate of drug-likeness (QED) is 0.904. The van der Waals surface area contributed by atoms with E-state index in [4.69, 9.17) is 0 Å². The lowest BCUT2D eigenvalue weighted by atomic mass is 10.0. The van der Waals surface area contributed by atoms with Crippen LogP contribution in [-0.2, 0) is 0 Å². The maximum atomic E-state index is 13.2. The molecule has 3 rings (SSSR count). The predicted octanol–water partition coefficient (Wildman–Crippen LogP) is 3.45. The van der Waals surface area contributed by atoms with E-state index in [-0.39, 0.29) is 11.9 Å². The van der Waals surface area contributed by atoms with E-state index in [1.54, 1.807) is 12.1 Å². The van der Waals surface area contributed by atoms with Crippen LogP contribution in [0.3, 0.4) is 0 Å². The summed E-state index contributed by atoms with van der Waals surface area (Å²) < 4.78 is 13.2. The van der Waals surface area contributed by atoms with E-state index in [0.717, 1.165) is 42.7 Å². The molecule has 0 aromatic heterocycles. The minimum absolute atomic E-state index is 0.155. The normalized spacial score (nSPS) is 16.4. The minimum Gasteiger partial charge on any atom is -0.393 e. The Hall–Kier alpha value is -1.87. The Morgan fingerprint density at radius 2 is 1.65 bits per heavy atom. The number of aliphatic hydroxyl groups excluding tert-OH is 1. The van der Waals surface area contributed by atoms with Gasteiger partial charge in [0.15, 0.2) is 0 Å². The number of aliphatic hydroxyl groups is 1. The zero-order chi connectivity index (χ0) is 13.9. The van der Waals surface area contributed by atoms with Crippen molar-refractivity contribution in [1.82, 2.24) is 0 Å². The van der Waals surface area contributed by atoms with Crippen molar-refractivity contribution in [2.45, 2.75) is 18.9 Å². The molecule has 1 aliphatic rings. The molecule has 0 bridgehead atoms. The lowest BCUT2D eigenvalue weighted by molar-refractivity contribution is 0.145. The summed E-state index contributed by atoms with van der Waals surface area (Å²) in [6.45, 7) is 1.78. The van der Waals surface area contributed by atoms with Crippen LogP contribution in [0.25, 0.3) is 11.1 Å². The van der Waals surface area contributed by atoms with Gasteiger partial charge in [-0.05, 0) is 48.2 Å². The maximum Gasteiger partial charge on any atom is 0.123 e. The van der Waals surface area contributed by atoms with Gasteiger partial charge < -0.3 is 10.0 Å². The zero-order valence-corrected chi connectivity index (χ0v) is 11.3. The van der Waals surface area contributed by atoms with Gasteiger partial charge in [0.05, 0.1) is 6.10 Å². The number of anilines is 1. The van der Waals surface area contributed by atoms with E-state index in [9.17, 15) is 9.50 Å². The third-order valence-electron chi connectivity index (χ3n) is 3.85. The molecule has 2 aromatic rings. The second-order valence-corrected chi connectivity index (χ2v) is 5.28. The summed E-state index contributed by atoms with van der Waals surface area (Å²) in [4.78, 5) is 2.28. The zero-order valence-electron chi connectivity index (χ0n) is 11.3. The SMILES string of the molecule is OC1CCN(c2ccc(-c3cccc(F)c3)cc2)CC1. The Kier molecular flexibility index (Phi) is 3.70. The molecule has 1 saturated heterocycles. The molecule has 2 nitrogen and oxygen atoms in total. The van der Waals surface area contributed by atoms with Crippen LogP contribution in [0.5, 0.6) is 0 Å². The van der Waals surface area contributed by atoms with Crippen molar-refractivity contribution in [3.63, 3.8) is 0 Å². The maximum absolute atomic E-state index is 13.2. The number of benzene rings is 2.